The largest absolute Gasteiger partial charge is 0.420 e. The molecule has 0 spiro atoms. The molecule has 86 heavy (non-hydrogen) atoms. The van der Waals surface area contributed by atoms with E-state index in [1.165, 1.54) is 12.1 Å². The first-order valence-corrected chi connectivity index (χ1v) is 27.3. The fourth-order valence-electron chi connectivity index (χ4n) is 9.71. The molecule has 0 fully saturated rings. The predicted molar refractivity (Wildman–Crippen MR) is 296 cm³/mol. The van der Waals surface area contributed by atoms with Crippen molar-refractivity contribution in [3.63, 3.8) is 0 Å². The molecule has 7 N–H and O–H groups in total. The van der Waals surface area contributed by atoms with Crippen LogP contribution in [0.1, 0.15) is 68.2 Å². The molecule has 3 heterocycles. The average Bonchev–Trinajstić information content (AvgIpc) is 2.11. The minimum Gasteiger partial charge on any atom is -0.420 e. The molecule has 2 atom stereocenters. The van der Waals surface area contributed by atoms with Crippen LogP contribution in [0, 0.1) is 40.9 Å². The van der Waals surface area contributed by atoms with Crippen molar-refractivity contribution in [3.05, 3.63) is 131 Å². The van der Waals surface area contributed by atoms with Crippen LogP contribution in [0.4, 0.5) is 57.1 Å². The molecule has 0 radical (unpaired) electrons. The van der Waals surface area contributed by atoms with Gasteiger partial charge in [-0.15, -0.1) is 0 Å². The number of esters is 1. The summed E-state index contributed by atoms with van der Waals surface area (Å²) in [5, 5.41) is 8.82. The van der Waals surface area contributed by atoms with Gasteiger partial charge in [0.15, 0.2) is 5.78 Å². The number of rotatable bonds is 29. The summed E-state index contributed by atoms with van der Waals surface area (Å²) in [4.78, 5) is 83.5. The van der Waals surface area contributed by atoms with Gasteiger partial charge in [-0.05, 0) is 77.8 Å². The van der Waals surface area contributed by atoms with Crippen molar-refractivity contribution >= 4 is 63.7 Å². The summed E-state index contributed by atoms with van der Waals surface area (Å²) in [6.07, 6.45) is -1.06. The molecule has 19 nitrogen and oxygen atoms in total. The van der Waals surface area contributed by atoms with Crippen LogP contribution < -0.4 is 41.6 Å². The number of amides is 5. The summed E-state index contributed by atoms with van der Waals surface area (Å²) in [6.45, 7) is 4.09. The first-order chi connectivity index (χ1) is 40.9. The molecule has 0 saturated carbocycles. The van der Waals surface area contributed by atoms with Crippen molar-refractivity contribution in [2.45, 2.75) is 77.6 Å². The maximum absolute atomic E-state index is 13.9. The van der Waals surface area contributed by atoms with Crippen LogP contribution in [0.5, 0.6) is 5.75 Å². The number of urea groups is 1. The molecule has 6 aromatic rings. The third kappa shape index (κ3) is 16.9. The molecule has 0 aliphatic carbocycles. The van der Waals surface area contributed by atoms with E-state index in [1.807, 2.05) is 52.7 Å². The van der Waals surface area contributed by atoms with E-state index in [1.54, 1.807) is 37.2 Å². The van der Waals surface area contributed by atoms with E-state index < -0.39 is 94.6 Å². The predicted octanol–water partition coefficient (Wildman–Crippen LogP) is 7.54. The lowest BCUT2D eigenvalue weighted by molar-refractivity contribution is -0.667. The number of nitrogens with two attached hydrogens (primary N) is 2. The number of benzene rings is 4. The highest BCUT2D eigenvalue weighted by atomic mass is 19.4. The number of carbonyl (C=O) groups is 6. The number of aryl methyl sites for hydroxylation is 1. The van der Waals surface area contributed by atoms with Crippen molar-refractivity contribution in [3.8, 4) is 16.9 Å². The van der Waals surface area contributed by atoms with Gasteiger partial charge in [0.05, 0.1) is 83.9 Å². The highest BCUT2D eigenvalue weighted by Crippen LogP contribution is 2.38. The monoisotopic (exact) mass is 1210 g/mol. The Morgan fingerprint density at radius 3 is 2.10 bits per heavy atom. The number of aromatic nitrogens is 3. The molecule has 4 aromatic carbocycles. The first kappa shape index (κ1) is 65.0. The smallest absolute Gasteiger partial charge is 0.416 e. The SMILES string of the molecule is CC(C)[C@H](NC(=O)CCOCCOCCOCCC(=O)Oc1c(F)c(F)c(F)c(F)c1F)C(=O)C[C@@H](CCCNC(N)=O)C(=O)Nc1ccc(C[n+]2cnc(N)c3c(-c4ccc5c(c4)CCN5C(=O)Cc4cccc(C(F)(F)F)c4)cn(C)c32)cc1. The molecule has 0 bridgehead atoms. The first-order valence-electron chi connectivity index (χ1n) is 27.3. The zero-order valence-electron chi connectivity index (χ0n) is 47.1. The Labute approximate surface area is 488 Å². The highest BCUT2D eigenvalue weighted by molar-refractivity contribution is 6.01. The zero-order valence-corrected chi connectivity index (χ0v) is 47.1. The van der Waals surface area contributed by atoms with Crippen molar-refractivity contribution < 1.29 is 87.4 Å². The Kier molecular flexibility index (Phi) is 22.3. The van der Waals surface area contributed by atoms with Gasteiger partial charge in [0.25, 0.3) is 0 Å². The number of anilines is 3. The molecule has 0 saturated heterocycles. The van der Waals surface area contributed by atoms with E-state index in [0.717, 1.165) is 40.0 Å². The average molecular weight is 1210 g/mol. The number of alkyl halides is 3. The lowest BCUT2D eigenvalue weighted by atomic mass is 9.89. The number of Topliss-reactive ketones (excluding diaryl/α,β-unsaturated/α-hetero) is 1. The summed E-state index contributed by atoms with van der Waals surface area (Å²) in [7, 11) is 1.88. The third-order valence-corrected chi connectivity index (χ3v) is 14.0. The summed E-state index contributed by atoms with van der Waals surface area (Å²) in [5.74, 6) is -17.1. The Bertz CT molecular complexity index is 3430. The van der Waals surface area contributed by atoms with Crippen molar-refractivity contribution in [1.82, 2.24) is 20.2 Å². The molecule has 460 valence electrons. The van der Waals surface area contributed by atoms with Gasteiger partial charge < -0.3 is 51.3 Å². The van der Waals surface area contributed by atoms with Gasteiger partial charge in [0.2, 0.25) is 70.3 Å². The maximum atomic E-state index is 13.9. The van der Waals surface area contributed by atoms with Gasteiger partial charge in [-0.1, -0.05) is 55.2 Å². The number of nitrogens with zero attached hydrogens (tertiary/aromatic N) is 4. The molecule has 1 aliphatic rings. The fraction of sp³-hybridized carbons (Fsp3) is 0.390. The Morgan fingerprint density at radius 2 is 1.45 bits per heavy atom. The van der Waals surface area contributed by atoms with E-state index in [2.05, 4.69) is 25.7 Å². The summed E-state index contributed by atoms with van der Waals surface area (Å²) < 4.78 is 132. The number of nitrogen functional groups attached to an aromatic ring is 1. The van der Waals surface area contributed by atoms with Gasteiger partial charge in [0.1, 0.15) is 5.39 Å². The minimum absolute atomic E-state index is 0.0180. The number of primary amides is 1. The summed E-state index contributed by atoms with van der Waals surface area (Å²) >= 11 is 0. The quantitative estimate of drug-likeness (QED) is 0.00581. The molecular formula is C59H64F8N9O10+. The fourth-order valence-corrected chi connectivity index (χ4v) is 9.71. The molecule has 7 rings (SSSR count). The lowest BCUT2D eigenvalue weighted by Crippen LogP contribution is -2.45. The molecular weight excluding hydrogens is 1150 g/mol. The molecule has 1 aliphatic heterocycles. The third-order valence-electron chi connectivity index (χ3n) is 14.0. The number of ether oxygens (including phenoxy) is 4. The molecule has 0 unspecified atom stereocenters. The number of carbonyl (C=O) groups excluding carboxylic acids is 6. The van der Waals surface area contributed by atoms with Gasteiger partial charge in [0, 0.05) is 48.8 Å². The highest BCUT2D eigenvalue weighted by Gasteiger charge is 2.34. The van der Waals surface area contributed by atoms with Gasteiger partial charge in [-0.25, -0.2) is 22.5 Å². The van der Waals surface area contributed by atoms with E-state index in [0.29, 0.717) is 42.7 Å². The van der Waals surface area contributed by atoms with Gasteiger partial charge in [-0.2, -0.15) is 22.0 Å². The Balaban J connectivity index is 0.878. The minimum atomic E-state index is -4.53. The number of hydrogen-bond donors (Lipinski definition) is 5. The van der Waals surface area contributed by atoms with Crippen LogP contribution in [-0.4, -0.2) is 104 Å². The summed E-state index contributed by atoms with van der Waals surface area (Å²) in [6, 6.07) is 15.8. The van der Waals surface area contributed by atoms with E-state index in [9.17, 15) is 63.9 Å². The van der Waals surface area contributed by atoms with Crippen LogP contribution in [0.25, 0.3) is 22.2 Å². The van der Waals surface area contributed by atoms with Crippen molar-refractivity contribution in [1.29, 1.82) is 0 Å². The Hall–Kier alpha value is -8.56. The van der Waals surface area contributed by atoms with E-state index in [-0.39, 0.29) is 95.1 Å². The lowest BCUT2D eigenvalue weighted by Gasteiger charge is -2.24. The zero-order chi connectivity index (χ0) is 62.4. The van der Waals surface area contributed by atoms with E-state index >= 15 is 0 Å². The van der Waals surface area contributed by atoms with Gasteiger partial charge >= 0.3 is 18.2 Å². The second-order valence-corrected chi connectivity index (χ2v) is 20.6. The number of nitrogens with one attached hydrogen (secondary N) is 3. The van der Waals surface area contributed by atoms with Crippen LogP contribution in [0.2, 0.25) is 0 Å². The molecule has 27 heteroatoms. The number of fused-ring (bicyclic) bond motifs is 2. The molecule has 5 amide bonds. The van der Waals surface area contributed by atoms with Crippen LogP contribution in [0.3, 0.4) is 0 Å². The van der Waals surface area contributed by atoms with Crippen LogP contribution in [0.15, 0.2) is 79.3 Å². The normalized spacial score (nSPS) is 13.0. The number of hydrogen-bond acceptors (Lipinski definition) is 12. The summed E-state index contributed by atoms with van der Waals surface area (Å²) in [5.41, 5.74) is 16.5. The van der Waals surface area contributed by atoms with Crippen LogP contribution in [-0.2, 0) is 70.8 Å². The standard InChI is InChI=1S/C59H63F8N9O10/c1-33(2)53(73-44(78)16-20-83-22-24-85-25-23-84-21-17-46(80)86-54-51(63)49(61)48(60)50(62)52(54)64)43(77)29-38(7-5-18-70-58(69)82)56(81)72-40-12-9-34(10-13-40)30-75-32-71-55(68)47-41(31-74(3)57(47)75)36-11-14-42-37(28-36)15-19-76(42)45(79)27-35-6-4-8-39(26-35)59(65,66)67/h4,6,8-14,26,28,31-33,38,53,68H,5,7,15-25,27,29-30H2,1-3H3,(H5,69,70,72,73,78,81,82)/p+1/t38-,53+/m1/s1. The maximum Gasteiger partial charge on any atom is 0.416 e. The molecule has 2 aromatic heterocycles. The topological polar surface area (TPSA) is 252 Å². The van der Waals surface area contributed by atoms with Crippen molar-refractivity contribution in [2.24, 2.45) is 24.6 Å². The van der Waals surface area contributed by atoms with Crippen molar-refractivity contribution in [2.75, 3.05) is 68.7 Å². The van der Waals surface area contributed by atoms with E-state index in [4.69, 9.17) is 25.7 Å². The second kappa shape index (κ2) is 29.5. The van der Waals surface area contributed by atoms with Gasteiger partial charge in [-0.3, -0.25) is 28.5 Å². The second-order valence-electron chi connectivity index (χ2n) is 20.6. The number of ketones is 1. The number of halogens is 8. The Morgan fingerprint density at radius 1 is 0.802 bits per heavy atom. The van der Waals surface area contributed by atoms with Crippen LogP contribution >= 0.6 is 0 Å².